The molecule has 1 saturated heterocycles. The third-order valence-electron chi connectivity index (χ3n) is 2.42. The van der Waals surface area contributed by atoms with E-state index in [0.717, 1.165) is 6.26 Å². The molecule has 0 bridgehead atoms. The topological polar surface area (TPSA) is 40.6 Å². The van der Waals surface area contributed by atoms with E-state index in [1.54, 1.807) is 0 Å². The van der Waals surface area contributed by atoms with Gasteiger partial charge in [0.2, 0.25) is 10.0 Å². The van der Waals surface area contributed by atoms with Gasteiger partial charge in [0.1, 0.15) is 0 Å². The van der Waals surface area contributed by atoms with Crippen molar-refractivity contribution >= 4 is 10.0 Å². The maximum absolute atomic E-state index is 12.1. The van der Waals surface area contributed by atoms with Gasteiger partial charge >= 0.3 is 6.18 Å². The first-order valence-corrected chi connectivity index (χ1v) is 6.77. The molecule has 0 radical (unpaired) electrons. The molecule has 8 heteroatoms. The first-order valence-electron chi connectivity index (χ1n) is 4.93. The van der Waals surface area contributed by atoms with Gasteiger partial charge < -0.3 is 0 Å². The molecule has 0 spiro atoms. The van der Waals surface area contributed by atoms with Crippen molar-refractivity contribution in [3.8, 4) is 0 Å². The van der Waals surface area contributed by atoms with Crippen LogP contribution in [0.4, 0.5) is 13.2 Å². The highest BCUT2D eigenvalue weighted by Gasteiger charge is 2.32. The minimum absolute atomic E-state index is 0.132. The summed E-state index contributed by atoms with van der Waals surface area (Å²) in [4.78, 5) is 1.24. The van der Waals surface area contributed by atoms with Crippen LogP contribution in [-0.2, 0) is 10.0 Å². The van der Waals surface area contributed by atoms with Crippen molar-refractivity contribution in [1.29, 1.82) is 0 Å². The summed E-state index contributed by atoms with van der Waals surface area (Å²) < 4.78 is 60.0. The van der Waals surface area contributed by atoms with Crippen molar-refractivity contribution in [1.82, 2.24) is 9.21 Å². The molecule has 4 nitrogen and oxygen atoms in total. The molecule has 0 aliphatic carbocycles. The summed E-state index contributed by atoms with van der Waals surface area (Å²) >= 11 is 0. The summed E-state index contributed by atoms with van der Waals surface area (Å²) in [5, 5.41) is 0. The zero-order chi connectivity index (χ0) is 12.4. The molecule has 0 unspecified atom stereocenters. The first-order chi connectivity index (χ1) is 7.18. The number of sulfonamides is 1. The van der Waals surface area contributed by atoms with Gasteiger partial charge in [-0.05, 0) is 13.0 Å². The molecule has 0 saturated carbocycles. The number of hydrogen-bond donors (Lipinski definition) is 0. The van der Waals surface area contributed by atoms with Gasteiger partial charge in [-0.25, -0.2) is 12.7 Å². The fourth-order valence-electron chi connectivity index (χ4n) is 1.69. The van der Waals surface area contributed by atoms with E-state index in [4.69, 9.17) is 0 Å². The van der Waals surface area contributed by atoms with E-state index in [9.17, 15) is 21.6 Å². The molecule has 0 aromatic carbocycles. The SMILES string of the molecule is CS(=O)(=O)N1CCCN(CC(F)(F)F)CC1. The molecule has 0 aromatic rings. The van der Waals surface area contributed by atoms with Gasteiger partial charge in [-0.3, -0.25) is 4.90 Å². The highest BCUT2D eigenvalue weighted by atomic mass is 32.2. The summed E-state index contributed by atoms with van der Waals surface area (Å²) in [6.45, 7) is -0.120. The normalized spacial score (nSPS) is 22.0. The standard InChI is InChI=1S/C8H15F3N2O2S/c1-16(14,15)13-4-2-3-12(5-6-13)7-8(9,10)11/h2-7H2,1H3. The van der Waals surface area contributed by atoms with Gasteiger partial charge in [0.15, 0.2) is 0 Å². The molecule has 1 rings (SSSR count). The van der Waals surface area contributed by atoms with Crippen LogP contribution < -0.4 is 0 Å². The Labute approximate surface area is 93.1 Å². The molecule has 1 fully saturated rings. The van der Waals surface area contributed by atoms with Crippen LogP contribution in [0.15, 0.2) is 0 Å². The Morgan fingerprint density at radius 3 is 2.25 bits per heavy atom. The molecule has 0 amide bonds. The number of hydrogen-bond acceptors (Lipinski definition) is 3. The molecule has 16 heavy (non-hydrogen) atoms. The highest BCUT2D eigenvalue weighted by molar-refractivity contribution is 7.88. The van der Waals surface area contributed by atoms with Crippen LogP contribution in [0, 0.1) is 0 Å². The van der Waals surface area contributed by atoms with Crippen LogP contribution in [0.2, 0.25) is 0 Å². The van der Waals surface area contributed by atoms with Crippen molar-refractivity contribution in [3.05, 3.63) is 0 Å². The van der Waals surface area contributed by atoms with E-state index in [0.29, 0.717) is 13.0 Å². The second-order valence-corrected chi connectivity index (χ2v) is 5.89. The minimum atomic E-state index is -4.22. The summed E-state index contributed by atoms with van der Waals surface area (Å²) in [5.41, 5.74) is 0. The lowest BCUT2D eigenvalue weighted by Crippen LogP contribution is -2.38. The van der Waals surface area contributed by atoms with Crippen molar-refractivity contribution in [3.63, 3.8) is 0 Å². The fourth-order valence-corrected chi connectivity index (χ4v) is 2.56. The van der Waals surface area contributed by atoms with Crippen molar-refractivity contribution in [2.24, 2.45) is 0 Å². The third kappa shape index (κ3) is 4.67. The summed E-state index contributed by atoms with van der Waals surface area (Å²) in [7, 11) is -3.29. The van der Waals surface area contributed by atoms with Gasteiger partial charge in [0.25, 0.3) is 0 Å². The second-order valence-electron chi connectivity index (χ2n) is 3.91. The van der Waals surface area contributed by atoms with Crippen LogP contribution >= 0.6 is 0 Å². The molecular weight excluding hydrogens is 245 g/mol. The zero-order valence-corrected chi connectivity index (χ0v) is 9.81. The van der Waals surface area contributed by atoms with Gasteiger partial charge in [0.05, 0.1) is 12.8 Å². The molecule has 0 N–H and O–H groups in total. The number of halogens is 3. The lowest BCUT2D eigenvalue weighted by molar-refractivity contribution is -0.145. The molecule has 1 heterocycles. The van der Waals surface area contributed by atoms with Gasteiger partial charge in [0, 0.05) is 19.6 Å². The summed E-state index contributed by atoms with van der Waals surface area (Å²) in [6, 6.07) is 0. The zero-order valence-electron chi connectivity index (χ0n) is 9.00. The number of nitrogens with zero attached hydrogens (tertiary/aromatic N) is 2. The maximum Gasteiger partial charge on any atom is 0.401 e. The predicted octanol–water partition coefficient (Wildman–Crippen LogP) is 0.516. The van der Waals surface area contributed by atoms with E-state index in [1.807, 2.05) is 0 Å². The van der Waals surface area contributed by atoms with Crippen LogP contribution in [-0.4, -0.2) is 62.8 Å². The van der Waals surface area contributed by atoms with Gasteiger partial charge in [-0.1, -0.05) is 0 Å². The molecular formula is C8H15F3N2O2S. The van der Waals surface area contributed by atoms with Crippen LogP contribution in [0.25, 0.3) is 0 Å². The van der Waals surface area contributed by atoms with E-state index in [-0.39, 0.29) is 19.6 Å². The molecule has 1 aliphatic heterocycles. The maximum atomic E-state index is 12.1. The lowest BCUT2D eigenvalue weighted by atomic mass is 10.4. The number of alkyl halides is 3. The van der Waals surface area contributed by atoms with Crippen LogP contribution in [0.5, 0.6) is 0 Å². The monoisotopic (exact) mass is 260 g/mol. The predicted molar refractivity (Wildman–Crippen MR) is 53.5 cm³/mol. The van der Waals surface area contributed by atoms with Crippen LogP contribution in [0.3, 0.4) is 0 Å². The highest BCUT2D eigenvalue weighted by Crippen LogP contribution is 2.17. The summed E-state index contributed by atoms with van der Waals surface area (Å²) in [5.74, 6) is 0. The van der Waals surface area contributed by atoms with Crippen molar-refractivity contribution in [2.75, 3.05) is 39.0 Å². The Bertz CT molecular complexity index is 329. The third-order valence-corrected chi connectivity index (χ3v) is 3.72. The van der Waals surface area contributed by atoms with E-state index in [1.165, 1.54) is 9.21 Å². The average molecular weight is 260 g/mol. The Balaban J connectivity index is 2.53. The summed E-state index contributed by atoms with van der Waals surface area (Å²) in [6.07, 6.45) is -2.71. The Hall–Kier alpha value is -0.340. The smallest absolute Gasteiger partial charge is 0.294 e. The minimum Gasteiger partial charge on any atom is -0.294 e. The Morgan fingerprint density at radius 1 is 1.12 bits per heavy atom. The second kappa shape index (κ2) is 4.89. The quantitative estimate of drug-likeness (QED) is 0.726. The first kappa shape index (κ1) is 13.7. The Morgan fingerprint density at radius 2 is 1.75 bits per heavy atom. The molecule has 1 aliphatic rings. The van der Waals surface area contributed by atoms with E-state index in [2.05, 4.69) is 0 Å². The van der Waals surface area contributed by atoms with E-state index >= 15 is 0 Å². The molecule has 0 atom stereocenters. The van der Waals surface area contributed by atoms with Crippen molar-refractivity contribution < 1.29 is 21.6 Å². The molecule has 0 aromatic heterocycles. The average Bonchev–Trinajstić information content (AvgIpc) is 2.25. The molecule has 96 valence electrons. The number of rotatable bonds is 2. The van der Waals surface area contributed by atoms with Crippen LogP contribution in [0.1, 0.15) is 6.42 Å². The fraction of sp³-hybridized carbons (Fsp3) is 1.00. The largest absolute Gasteiger partial charge is 0.401 e. The van der Waals surface area contributed by atoms with E-state index < -0.39 is 22.7 Å². The van der Waals surface area contributed by atoms with Crippen molar-refractivity contribution in [2.45, 2.75) is 12.6 Å². The lowest BCUT2D eigenvalue weighted by Gasteiger charge is -2.21. The Kier molecular flexibility index (Phi) is 4.19. The van der Waals surface area contributed by atoms with Gasteiger partial charge in [-0.15, -0.1) is 0 Å². The van der Waals surface area contributed by atoms with Gasteiger partial charge in [-0.2, -0.15) is 13.2 Å².